The van der Waals surface area contributed by atoms with Crippen LogP contribution in [0.1, 0.15) is 0 Å². The van der Waals surface area contributed by atoms with Crippen LogP contribution in [0.2, 0.25) is 0 Å². The van der Waals surface area contributed by atoms with Gasteiger partial charge < -0.3 is 9.13 Å². The van der Waals surface area contributed by atoms with Crippen LogP contribution in [0, 0.1) is 0 Å². The Morgan fingerprint density at radius 1 is 0.250 bits per heavy atom. The summed E-state index contributed by atoms with van der Waals surface area (Å²) in [5, 5.41) is 7.54. The zero-order valence-corrected chi connectivity index (χ0v) is 26.2. The molecule has 0 aliphatic rings. The molecule has 0 aliphatic carbocycles. The first-order chi connectivity index (χ1) is 23.8. The van der Waals surface area contributed by atoms with Crippen LogP contribution >= 0.6 is 0 Å². The Balaban J connectivity index is 1.17. The van der Waals surface area contributed by atoms with Gasteiger partial charge in [-0.3, -0.25) is 0 Å². The molecule has 2 heterocycles. The summed E-state index contributed by atoms with van der Waals surface area (Å²) in [7, 11) is 0. The van der Waals surface area contributed by atoms with Gasteiger partial charge in [0.1, 0.15) is 0 Å². The molecule has 0 saturated carbocycles. The topological polar surface area (TPSA) is 9.86 Å². The third-order valence-electron chi connectivity index (χ3n) is 9.90. The van der Waals surface area contributed by atoms with Crippen molar-refractivity contribution in [2.24, 2.45) is 0 Å². The van der Waals surface area contributed by atoms with Gasteiger partial charge >= 0.3 is 0 Å². The van der Waals surface area contributed by atoms with Crippen molar-refractivity contribution < 1.29 is 0 Å². The number of benzene rings is 8. The number of nitrogens with zero attached hydrogens (tertiary/aromatic N) is 2. The highest BCUT2D eigenvalue weighted by Crippen LogP contribution is 2.38. The van der Waals surface area contributed by atoms with Crippen LogP contribution in [0.5, 0.6) is 0 Å². The lowest BCUT2D eigenvalue weighted by molar-refractivity contribution is 1.18. The molecule has 0 N–H and O–H groups in total. The highest BCUT2D eigenvalue weighted by Gasteiger charge is 2.16. The van der Waals surface area contributed by atoms with Gasteiger partial charge in [-0.2, -0.15) is 0 Å². The molecule has 0 atom stereocenters. The van der Waals surface area contributed by atoms with Crippen molar-refractivity contribution in [1.29, 1.82) is 0 Å². The Kier molecular flexibility index (Phi) is 5.91. The molecule has 10 aromatic rings. The molecule has 2 aromatic heterocycles. The molecule has 10 rings (SSSR count). The number of hydrogen-bond donors (Lipinski definition) is 0. The van der Waals surface area contributed by atoms with Crippen LogP contribution in [0.25, 0.3) is 88.0 Å². The van der Waals surface area contributed by atoms with Crippen molar-refractivity contribution in [3.63, 3.8) is 0 Å². The Morgan fingerprint density at radius 2 is 0.708 bits per heavy atom. The molecule has 0 fully saturated rings. The summed E-state index contributed by atoms with van der Waals surface area (Å²) in [5.41, 5.74) is 12.0. The molecule has 2 heteroatoms. The number of fused-ring (bicyclic) bond motifs is 7. The van der Waals surface area contributed by atoms with E-state index in [0.29, 0.717) is 0 Å². The van der Waals surface area contributed by atoms with E-state index in [0.717, 1.165) is 5.69 Å². The number of rotatable bonds is 4. The minimum absolute atomic E-state index is 1.16. The van der Waals surface area contributed by atoms with Gasteiger partial charge in [-0.1, -0.05) is 133 Å². The average Bonchev–Trinajstić information content (AvgIpc) is 3.67. The summed E-state index contributed by atoms with van der Waals surface area (Å²) in [5.74, 6) is 0. The molecule has 8 aromatic carbocycles. The molecule has 2 nitrogen and oxygen atoms in total. The van der Waals surface area contributed by atoms with Crippen molar-refractivity contribution in [2.45, 2.75) is 0 Å². The van der Waals surface area contributed by atoms with Gasteiger partial charge in [0.25, 0.3) is 0 Å². The zero-order valence-electron chi connectivity index (χ0n) is 26.2. The van der Waals surface area contributed by atoms with E-state index < -0.39 is 0 Å². The molecule has 0 radical (unpaired) electrons. The molecule has 0 amide bonds. The fourth-order valence-corrected chi connectivity index (χ4v) is 7.61. The molecule has 0 spiro atoms. The molecular formula is C46H30N2. The second-order valence-electron chi connectivity index (χ2n) is 12.6. The lowest BCUT2D eigenvalue weighted by Gasteiger charge is -2.12. The third-order valence-corrected chi connectivity index (χ3v) is 9.90. The predicted molar refractivity (Wildman–Crippen MR) is 203 cm³/mol. The molecule has 224 valence electrons. The Morgan fingerprint density at radius 3 is 1.35 bits per heavy atom. The van der Waals surface area contributed by atoms with Crippen LogP contribution in [0.4, 0.5) is 0 Å². The van der Waals surface area contributed by atoms with E-state index in [2.05, 4.69) is 191 Å². The molecule has 48 heavy (non-hydrogen) atoms. The van der Waals surface area contributed by atoms with E-state index in [1.807, 2.05) is 0 Å². The number of para-hydroxylation sites is 2. The van der Waals surface area contributed by atoms with Gasteiger partial charge in [-0.15, -0.1) is 0 Å². The normalized spacial score (nSPS) is 11.8. The Hall–Kier alpha value is -6.38. The molecule has 0 aliphatic heterocycles. The summed E-state index contributed by atoms with van der Waals surface area (Å²) in [4.78, 5) is 0. The molecule has 0 saturated heterocycles. The fraction of sp³-hybridized carbons (Fsp3) is 0. The van der Waals surface area contributed by atoms with E-state index >= 15 is 0 Å². The summed E-state index contributed by atoms with van der Waals surface area (Å²) in [6.45, 7) is 0. The maximum atomic E-state index is 2.42. The highest BCUT2D eigenvalue weighted by atomic mass is 15.0. The van der Waals surface area contributed by atoms with Gasteiger partial charge in [0.05, 0.1) is 22.1 Å². The number of hydrogen-bond acceptors (Lipinski definition) is 0. The summed E-state index contributed by atoms with van der Waals surface area (Å²) in [6, 6.07) is 66.3. The SMILES string of the molecule is c1ccc(-c2ccc(-n3c4ccccc4c4ccc(-c5ccc6c7ccccc7n(-c7ccc8ccccc8c7)c6c5)cc43)cc2)cc1. The summed E-state index contributed by atoms with van der Waals surface area (Å²) in [6.07, 6.45) is 0. The minimum Gasteiger partial charge on any atom is -0.309 e. The van der Waals surface area contributed by atoms with Crippen LogP contribution < -0.4 is 0 Å². The van der Waals surface area contributed by atoms with Crippen LogP contribution in [-0.2, 0) is 0 Å². The second kappa shape index (κ2) is 10.6. The fourth-order valence-electron chi connectivity index (χ4n) is 7.61. The Labute approximate surface area is 278 Å². The van der Waals surface area contributed by atoms with Crippen molar-refractivity contribution >= 4 is 54.4 Å². The van der Waals surface area contributed by atoms with Gasteiger partial charge in [-0.25, -0.2) is 0 Å². The maximum absolute atomic E-state index is 2.42. The van der Waals surface area contributed by atoms with Crippen molar-refractivity contribution in [2.75, 3.05) is 0 Å². The predicted octanol–water partition coefficient (Wildman–Crippen LogP) is 12.4. The summed E-state index contributed by atoms with van der Waals surface area (Å²) < 4.78 is 4.83. The third kappa shape index (κ3) is 4.13. The monoisotopic (exact) mass is 610 g/mol. The quantitative estimate of drug-likeness (QED) is 0.188. The van der Waals surface area contributed by atoms with E-state index in [1.165, 1.54) is 82.3 Å². The standard InChI is InChI=1S/C46H30N2/c1-2-10-31(11-3-1)33-18-23-37(24-19-33)47-43-16-8-6-14-39(43)41-26-21-35(29-45(41)47)36-22-27-42-40-15-7-9-17-44(40)48(46(42)30-36)38-25-20-32-12-4-5-13-34(32)28-38/h1-30H. The molecule has 0 unspecified atom stereocenters. The van der Waals surface area contributed by atoms with Gasteiger partial charge in [0.2, 0.25) is 0 Å². The van der Waals surface area contributed by atoms with E-state index in [4.69, 9.17) is 0 Å². The van der Waals surface area contributed by atoms with Crippen molar-refractivity contribution in [3.8, 4) is 33.6 Å². The van der Waals surface area contributed by atoms with Crippen molar-refractivity contribution in [3.05, 3.63) is 182 Å². The lowest BCUT2D eigenvalue weighted by Crippen LogP contribution is -1.95. The van der Waals surface area contributed by atoms with E-state index in [-0.39, 0.29) is 0 Å². The molecular weight excluding hydrogens is 581 g/mol. The minimum atomic E-state index is 1.16. The van der Waals surface area contributed by atoms with E-state index in [1.54, 1.807) is 0 Å². The first-order valence-electron chi connectivity index (χ1n) is 16.5. The number of aromatic nitrogens is 2. The Bertz CT molecular complexity index is 2820. The maximum Gasteiger partial charge on any atom is 0.0547 e. The van der Waals surface area contributed by atoms with Gasteiger partial charge in [0.15, 0.2) is 0 Å². The highest BCUT2D eigenvalue weighted by molar-refractivity contribution is 6.12. The average molecular weight is 611 g/mol. The largest absolute Gasteiger partial charge is 0.309 e. The first-order valence-corrected chi connectivity index (χ1v) is 16.5. The van der Waals surface area contributed by atoms with E-state index in [9.17, 15) is 0 Å². The van der Waals surface area contributed by atoms with Crippen LogP contribution in [-0.4, -0.2) is 9.13 Å². The first kappa shape index (κ1) is 26.8. The lowest BCUT2D eigenvalue weighted by atomic mass is 10.0. The zero-order chi connectivity index (χ0) is 31.6. The second-order valence-corrected chi connectivity index (χ2v) is 12.6. The van der Waals surface area contributed by atoms with Crippen molar-refractivity contribution in [1.82, 2.24) is 9.13 Å². The van der Waals surface area contributed by atoms with Gasteiger partial charge in [0, 0.05) is 32.9 Å². The van der Waals surface area contributed by atoms with Crippen LogP contribution in [0.3, 0.4) is 0 Å². The van der Waals surface area contributed by atoms with Gasteiger partial charge in [-0.05, 0) is 81.6 Å². The van der Waals surface area contributed by atoms with Crippen LogP contribution in [0.15, 0.2) is 182 Å². The smallest absolute Gasteiger partial charge is 0.0547 e. The molecule has 0 bridgehead atoms. The summed E-state index contributed by atoms with van der Waals surface area (Å²) >= 11 is 0.